The molecule has 3 nitrogen and oxygen atoms in total. The van der Waals surface area contributed by atoms with Crippen molar-refractivity contribution >= 4 is 23.4 Å². The van der Waals surface area contributed by atoms with E-state index < -0.39 is 0 Å². The summed E-state index contributed by atoms with van der Waals surface area (Å²) >= 11 is 1.49. The quantitative estimate of drug-likeness (QED) is 0.394. The number of hydrogen-bond acceptors (Lipinski definition) is 3. The second-order valence-electron chi connectivity index (χ2n) is 4.27. The fourth-order valence-electron chi connectivity index (χ4n) is 1.59. The van der Waals surface area contributed by atoms with Crippen molar-refractivity contribution in [3.05, 3.63) is 77.7 Å². The van der Waals surface area contributed by atoms with Gasteiger partial charge in [0.05, 0.1) is 5.71 Å². The third-order valence-electron chi connectivity index (χ3n) is 2.69. The predicted octanol–water partition coefficient (Wildman–Crippen LogP) is 3.83. The monoisotopic (exact) mass is 296 g/mol. The molecule has 0 bridgehead atoms. The molecule has 0 unspecified atom stereocenters. The van der Waals surface area contributed by atoms with Gasteiger partial charge in [-0.1, -0.05) is 60.3 Å². The van der Waals surface area contributed by atoms with Gasteiger partial charge in [0, 0.05) is 11.0 Å². The average Bonchev–Trinajstić information content (AvgIpc) is 2.54. The summed E-state index contributed by atoms with van der Waals surface area (Å²) in [7, 11) is 0. The largest absolute Gasteiger partial charge is 0.268 e. The Labute approximate surface area is 128 Å². The zero-order valence-electron chi connectivity index (χ0n) is 11.7. The number of carbonyl (C=O) groups is 1. The molecule has 0 saturated carbocycles. The van der Waals surface area contributed by atoms with E-state index in [2.05, 4.69) is 10.5 Å². The topological polar surface area (TPSA) is 41.5 Å². The molecule has 0 spiro atoms. The number of carbonyl (C=O) groups excluding carboxylic acids is 1. The van der Waals surface area contributed by atoms with Gasteiger partial charge in [-0.3, -0.25) is 4.79 Å². The minimum absolute atomic E-state index is 0.242. The van der Waals surface area contributed by atoms with Crippen molar-refractivity contribution in [1.82, 2.24) is 5.43 Å². The summed E-state index contributed by atoms with van der Waals surface area (Å²) in [5.74, 6) is -0.242. The van der Waals surface area contributed by atoms with Crippen LogP contribution in [0.5, 0.6) is 0 Å². The number of benzene rings is 2. The van der Waals surface area contributed by atoms with Crippen LogP contribution in [-0.2, 0) is 4.79 Å². The van der Waals surface area contributed by atoms with Crippen molar-refractivity contribution < 1.29 is 4.79 Å². The molecule has 2 rings (SSSR count). The molecule has 0 aliphatic heterocycles. The van der Waals surface area contributed by atoms with Crippen LogP contribution in [-0.4, -0.2) is 11.6 Å². The molecule has 2 aromatic rings. The van der Waals surface area contributed by atoms with Crippen LogP contribution in [0, 0.1) is 0 Å². The summed E-state index contributed by atoms with van der Waals surface area (Å²) in [4.78, 5) is 12.7. The summed E-state index contributed by atoms with van der Waals surface area (Å²) in [5, 5.41) is 5.82. The molecule has 106 valence electrons. The fraction of sp³-hybridized carbons (Fsp3) is 0.0588. The summed E-state index contributed by atoms with van der Waals surface area (Å²) in [5.41, 5.74) is 4.27. The van der Waals surface area contributed by atoms with Crippen molar-refractivity contribution in [2.45, 2.75) is 11.8 Å². The summed E-state index contributed by atoms with van der Waals surface area (Å²) in [6, 6.07) is 19.6. The van der Waals surface area contributed by atoms with Crippen LogP contribution in [0.15, 0.2) is 82.1 Å². The predicted molar refractivity (Wildman–Crippen MR) is 88.2 cm³/mol. The van der Waals surface area contributed by atoms with Gasteiger partial charge in [-0.25, -0.2) is 5.43 Å². The maximum Gasteiger partial charge on any atom is 0.264 e. The number of hydrogen-bond donors (Lipinski definition) is 1. The Morgan fingerprint density at radius 2 is 1.67 bits per heavy atom. The lowest BCUT2D eigenvalue weighted by Gasteiger charge is -2.00. The Bertz CT molecular complexity index is 636. The normalized spacial score (nSPS) is 11.6. The Balaban J connectivity index is 1.85. The number of rotatable bonds is 5. The number of nitrogens with one attached hydrogen (secondary N) is 1. The van der Waals surface area contributed by atoms with Crippen molar-refractivity contribution in [2.75, 3.05) is 0 Å². The fourth-order valence-corrected chi connectivity index (χ4v) is 2.26. The van der Waals surface area contributed by atoms with Crippen LogP contribution in [0.1, 0.15) is 12.5 Å². The smallest absolute Gasteiger partial charge is 0.264 e. The molecule has 0 atom stereocenters. The summed E-state index contributed by atoms with van der Waals surface area (Å²) in [6.45, 7) is 1.86. The highest BCUT2D eigenvalue weighted by atomic mass is 32.2. The van der Waals surface area contributed by atoms with Gasteiger partial charge in [0.2, 0.25) is 0 Å². The molecule has 0 fully saturated rings. The lowest BCUT2D eigenvalue weighted by Crippen LogP contribution is -2.16. The third-order valence-corrected chi connectivity index (χ3v) is 3.51. The first-order valence-electron chi connectivity index (χ1n) is 6.53. The van der Waals surface area contributed by atoms with E-state index in [0.29, 0.717) is 0 Å². The van der Waals surface area contributed by atoms with E-state index >= 15 is 0 Å². The van der Waals surface area contributed by atoms with Crippen LogP contribution >= 0.6 is 11.8 Å². The minimum atomic E-state index is -0.242. The van der Waals surface area contributed by atoms with E-state index in [9.17, 15) is 4.79 Å². The number of hydrazone groups is 1. The number of nitrogens with zero attached hydrogens (tertiary/aromatic N) is 1. The standard InChI is InChI=1S/C17H16N2OS/c1-14(15-8-4-2-5-9-15)18-19-17(20)12-13-21-16-10-6-3-7-11-16/h2-13H,1H3,(H,19,20). The van der Waals surface area contributed by atoms with Crippen LogP contribution in [0.3, 0.4) is 0 Å². The molecular formula is C17H16N2OS. The Morgan fingerprint density at radius 3 is 2.33 bits per heavy atom. The highest BCUT2D eigenvalue weighted by Crippen LogP contribution is 2.17. The SMILES string of the molecule is CC(=NNC(=O)C=CSc1ccccc1)c1ccccc1. The maximum atomic E-state index is 11.7. The first-order valence-corrected chi connectivity index (χ1v) is 7.41. The van der Waals surface area contributed by atoms with E-state index in [1.54, 1.807) is 5.41 Å². The molecule has 21 heavy (non-hydrogen) atoms. The Morgan fingerprint density at radius 1 is 1.05 bits per heavy atom. The summed E-state index contributed by atoms with van der Waals surface area (Å²) < 4.78 is 0. The van der Waals surface area contributed by atoms with Gasteiger partial charge in [-0.05, 0) is 30.0 Å². The molecule has 0 saturated heterocycles. The van der Waals surface area contributed by atoms with Gasteiger partial charge in [-0.15, -0.1) is 0 Å². The molecule has 0 aliphatic rings. The van der Waals surface area contributed by atoms with Crippen molar-refractivity contribution in [3.8, 4) is 0 Å². The third kappa shape index (κ3) is 5.28. The van der Waals surface area contributed by atoms with E-state index in [4.69, 9.17) is 0 Å². The van der Waals surface area contributed by atoms with Crippen LogP contribution < -0.4 is 5.43 Å². The Kier molecular flexibility index (Phi) is 5.79. The molecule has 0 aromatic heterocycles. The molecule has 0 radical (unpaired) electrons. The molecule has 1 amide bonds. The molecule has 0 heterocycles. The molecule has 0 aliphatic carbocycles. The van der Waals surface area contributed by atoms with Crippen LogP contribution in [0.25, 0.3) is 0 Å². The highest BCUT2D eigenvalue weighted by Gasteiger charge is 1.97. The van der Waals surface area contributed by atoms with E-state index in [0.717, 1.165) is 16.2 Å². The van der Waals surface area contributed by atoms with Crippen molar-refractivity contribution in [2.24, 2.45) is 5.10 Å². The first-order chi connectivity index (χ1) is 10.3. The first kappa shape index (κ1) is 15.1. The van der Waals surface area contributed by atoms with Crippen molar-refractivity contribution in [3.63, 3.8) is 0 Å². The van der Waals surface area contributed by atoms with Gasteiger partial charge >= 0.3 is 0 Å². The van der Waals surface area contributed by atoms with Crippen LogP contribution in [0.4, 0.5) is 0 Å². The second-order valence-corrected chi connectivity index (χ2v) is 5.25. The van der Waals surface area contributed by atoms with Gasteiger partial charge in [-0.2, -0.15) is 5.10 Å². The molecular weight excluding hydrogens is 280 g/mol. The molecule has 4 heteroatoms. The summed E-state index contributed by atoms with van der Waals surface area (Å²) in [6.07, 6.45) is 1.47. The van der Waals surface area contributed by atoms with Gasteiger partial charge in [0.1, 0.15) is 0 Å². The maximum absolute atomic E-state index is 11.7. The lowest BCUT2D eigenvalue weighted by molar-refractivity contribution is -0.116. The van der Waals surface area contributed by atoms with Gasteiger partial charge < -0.3 is 0 Å². The van der Waals surface area contributed by atoms with Crippen molar-refractivity contribution in [1.29, 1.82) is 0 Å². The average molecular weight is 296 g/mol. The zero-order chi connectivity index (χ0) is 14.9. The molecule has 1 N–H and O–H groups in total. The van der Waals surface area contributed by atoms with Gasteiger partial charge in [0.25, 0.3) is 5.91 Å². The zero-order valence-corrected chi connectivity index (χ0v) is 12.5. The van der Waals surface area contributed by atoms with Gasteiger partial charge in [0.15, 0.2) is 0 Å². The van der Waals surface area contributed by atoms with E-state index in [1.807, 2.05) is 67.6 Å². The Hall–Kier alpha value is -2.33. The molecule has 2 aromatic carbocycles. The second kappa shape index (κ2) is 8.07. The number of thioether (sulfide) groups is 1. The van der Waals surface area contributed by atoms with E-state index in [1.165, 1.54) is 17.8 Å². The number of amides is 1. The lowest BCUT2D eigenvalue weighted by atomic mass is 10.1. The van der Waals surface area contributed by atoms with Crippen LogP contribution in [0.2, 0.25) is 0 Å². The minimum Gasteiger partial charge on any atom is -0.268 e. The highest BCUT2D eigenvalue weighted by molar-refractivity contribution is 8.02. The van der Waals surface area contributed by atoms with E-state index in [-0.39, 0.29) is 5.91 Å².